The number of piperidine rings is 1. The minimum atomic E-state index is -3.67. The van der Waals surface area contributed by atoms with Gasteiger partial charge in [0.15, 0.2) is 0 Å². The lowest BCUT2D eigenvalue weighted by molar-refractivity contribution is -0.143. The van der Waals surface area contributed by atoms with Crippen LogP contribution in [0.3, 0.4) is 0 Å². The van der Waals surface area contributed by atoms with E-state index in [0.29, 0.717) is 31.1 Å². The number of aryl methyl sites for hydroxylation is 1. The molecule has 0 radical (unpaired) electrons. The number of aromatic nitrogens is 2. The van der Waals surface area contributed by atoms with Crippen LogP contribution >= 0.6 is 0 Å². The number of carbonyl (C=O) groups is 1. The molecule has 0 N–H and O–H groups in total. The standard InChI is InChI=1S/C26H32N4O4S/c1-19-12-14-22(15-13-19)35(32,33)29-16-8-11-21(17-29)25(31)30(26(2,3)4)18-23-27-24(28-34-23)20-9-6-5-7-10-20/h5-7,9-10,12-15,21H,8,11,16-18H2,1-4H3. The van der Waals surface area contributed by atoms with E-state index < -0.39 is 21.5 Å². The molecule has 1 saturated heterocycles. The van der Waals surface area contributed by atoms with Gasteiger partial charge in [0.25, 0.3) is 0 Å². The molecule has 1 atom stereocenters. The first kappa shape index (κ1) is 25.1. The number of carbonyl (C=O) groups excluding carboxylic acids is 1. The number of amides is 1. The van der Waals surface area contributed by atoms with Crippen molar-refractivity contribution in [3.05, 3.63) is 66.1 Å². The van der Waals surface area contributed by atoms with Crippen LogP contribution in [0, 0.1) is 12.8 Å². The Morgan fingerprint density at radius 2 is 1.80 bits per heavy atom. The summed E-state index contributed by atoms with van der Waals surface area (Å²) >= 11 is 0. The van der Waals surface area contributed by atoms with Gasteiger partial charge in [0.1, 0.15) is 6.54 Å². The highest BCUT2D eigenvalue weighted by Gasteiger charge is 2.38. The smallest absolute Gasteiger partial charge is 0.246 e. The molecule has 1 aromatic heterocycles. The number of rotatable bonds is 6. The third-order valence-corrected chi connectivity index (χ3v) is 8.14. The molecule has 186 valence electrons. The lowest BCUT2D eigenvalue weighted by Gasteiger charge is -2.39. The Labute approximate surface area is 207 Å². The monoisotopic (exact) mass is 496 g/mol. The van der Waals surface area contributed by atoms with Crippen molar-refractivity contribution in [3.63, 3.8) is 0 Å². The molecule has 1 fully saturated rings. The van der Waals surface area contributed by atoms with E-state index in [-0.39, 0.29) is 23.9 Å². The molecular formula is C26H32N4O4S. The van der Waals surface area contributed by atoms with Gasteiger partial charge in [-0.3, -0.25) is 4.79 Å². The Balaban J connectivity index is 1.52. The van der Waals surface area contributed by atoms with Gasteiger partial charge >= 0.3 is 0 Å². The van der Waals surface area contributed by atoms with Crippen molar-refractivity contribution in [2.24, 2.45) is 5.92 Å². The maximum absolute atomic E-state index is 13.7. The number of hydrogen-bond acceptors (Lipinski definition) is 6. The summed E-state index contributed by atoms with van der Waals surface area (Å²) in [5.41, 5.74) is 1.31. The quantitative estimate of drug-likeness (QED) is 0.506. The second-order valence-corrected chi connectivity index (χ2v) is 11.9. The second-order valence-electron chi connectivity index (χ2n) is 9.99. The molecule has 0 spiro atoms. The average molecular weight is 497 g/mol. The average Bonchev–Trinajstić information content (AvgIpc) is 3.31. The van der Waals surface area contributed by atoms with Crippen LogP contribution in [0.2, 0.25) is 0 Å². The molecule has 3 aromatic rings. The van der Waals surface area contributed by atoms with Gasteiger partial charge in [-0.15, -0.1) is 0 Å². The van der Waals surface area contributed by atoms with Gasteiger partial charge in [0.05, 0.1) is 10.8 Å². The lowest BCUT2D eigenvalue weighted by Crippen LogP contribution is -2.51. The molecule has 0 bridgehead atoms. The Kier molecular flexibility index (Phi) is 7.10. The summed E-state index contributed by atoms with van der Waals surface area (Å²) in [5, 5.41) is 4.07. The molecule has 35 heavy (non-hydrogen) atoms. The van der Waals surface area contributed by atoms with E-state index in [4.69, 9.17) is 4.52 Å². The number of benzene rings is 2. The van der Waals surface area contributed by atoms with Gasteiger partial charge in [-0.05, 0) is 52.7 Å². The largest absolute Gasteiger partial charge is 0.337 e. The first-order valence-corrected chi connectivity index (χ1v) is 13.3. The van der Waals surface area contributed by atoms with Crippen molar-refractivity contribution in [1.82, 2.24) is 19.3 Å². The van der Waals surface area contributed by atoms with E-state index in [1.165, 1.54) is 4.31 Å². The Hall–Kier alpha value is -3.04. The molecule has 0 saturated carbocycles. The van der Waals surface area contributed by atoms with Gasteiger partial charge in [0, 0.05) is 24.2 Å². The molecule has 1 aliphatic heterocycles. The lowest BCUT2D eigenvalue weighted by atomic mass is 9.95. The predicted octanol–water partition coefficient (Wildman–Crippen LogP) is 4.27. The van der Waals surface area contributed by atoms with Crippen molar-refractivity contribution in [2.45, 2.75) is 57.5 Å². The summed E-state index contributed by atoms with van der Waals surface area (Å²) in [6, 6.07) is 16.3. The van der Waals surface area contributed by atoms with Crippen LogP contribution in [0.4, 0.5) is 0 Å². The molecule has 1 unspecified atom stereocenters. The van der Waals surface area contributed by atoms with E-state index in [1.54, 1.807) is 29.2 Å². The fraction of sp³-hybridized carbons (Fsp3) is 0.423. The minimum absolute atomic E-state index is 0.110. The molecular weight excluding hydrogens is 464 g/mol. The van der Waals surface area contributed by atoms with Crippen LogP contribution in [0.25, 0.3) is 11.4 Å². The van der Waals surface area contributed by atoms with Crippen LogP contribution in [-0.4, -0.2) is 52.3 Å². The molecule has 8 nitrogen and oxygen atoms in total. The zero-order valence-electron chi connectivity index (χ0n) is 20.6. The summed E-state index contributed by atoms with van der Waals surface area (Å²) < 4.78 is 33.4. The zero-order valence-corrected chi connectivity index (χ0v) is 21.5. The minimum Gasteiger partial charge on any atom is -0.337 e. The van der Waals surface area contributed by atoms with Crippen LogP contribution < -0.4 is 0 Å². The Morgan fingerprint density at radius 1 is 1.11 bits per heavy atom. The zero-order chi connectivity index (χ0) is 25.2. The summed E-state index contributed by atoms with van der Waals surface area (Å²) in [5.74, 6) is 0.252. The van der Waals surface area contributed by atoms with Gasteiger partial charge in [-0.2, -0.15) is 9.29 Å². The molecule has 2 aromatic carbocycles. The molecule has 1 amide bonds. The fourth-order valence-corrected chi connectivity index (χ4v) is 5.77. The SMILES string of the molecule is Cc1ccc(S(=O)(=O)N2CCCC(C(=O)N(Cc3nc(-c4ccccc4)no3)C(C)(C)C)C2)cc1. The van der Waals surface area contributed by atoms with Crippen molar-refractivity contribution in [2.75, 3.05) is 13.1 Å². The van der Waals surface area contributed by atoms with Crippen LogP contribution in [0.5, 0.6) is 0 Å². The van der Waals surface area contributed by atoms with E-state index >= 15 is 0 Å². The van der Waals surface area contributed by atoms with E-state index in [9.17, 15) is 13.2 Å². The maximum Gasteiger partial charge on any atom is 0.246 e. The van der Waals surface area contributed by atoms with E-state index in [2.05, 4.69) is 10.1 Å². The molecule has 1 aliphatic rings. The molecule has 9 heteroatoms. The second kappa shape index (κ2) is 9.91. The first-order valence-electron chi connectivity index (χ1n) is 11.8. The van der Waals surface area contributed by atoms with Crippen LogP contribution in [-0.2, 0) is 21.4 Å². The van der Waals surface area contributed by atoms with Crippen molar-refractivity contribution in [3.8, 4) is 11.4 Å². The number of nitrogens with zero attached hydrogens (tertiary/aromatic N) is 4. The van der Waals surface area contributed by atoms with Crippen molar-refractivity contribution >= 4 is 15.9 Å². The normalized spacial score (nSPS) is 17.3. The molecule has 2 heterocycles. The summed E-state index contributed by atoms with van der Waals surface area (Å²) in [6.45, 7) is 8.47. The predicted molar refractivity (Wildman–Crippen MR) is 133 cm³/mol. The highest BCUT2D eigenvalue weighted by atomic mass is 32.2. The van der Waals surface area contributed by atoms with Crippen molar-refractivity contribution < 1.29 is 17.7 Å². The third kappa shape index (κ3) is 5.62. The highest BCUT2D eigenvalue weighted by molar-refractivity contribution is 7.89. The molecule has 0 aliphatic carbocycles. The summed E-state index contributed by atoms with van der Waals surface area (Å²) in [4.78, 5) is 20.1. The topological polar surface area (TPSA) is 96.6 Å². The maximum atomic E-state index is 13.7. The van der Waals surface area contributed by atoms with Gasteiger partial charge in [-0.1, -0.05) is 53.2 Å². The van der Waals surface area contributed by atoms with Gasteiger partial charge in [0.2, 0.25) is 27.6 Å². The fourth-order valence-electron chi connectivity index (χ4n) is 4.25. The van der Waals surface area contributed by atoms with Gasteiger partial charge < -0.3 is 9.42 Å². The number of sulfonamides is 1. The number of hydrogen-bond donors (Lipinski definition) is 0. The Morgan fingerprint density at radius 3 is 2.46 bits per heavy atom. The van der Waals surface area contributed by atoms with Crippen LogP contribution in [0.15, 0.2) is 64.0 Å². The highest BCUT2D eigenvalue weighted by Crippen LogP contribution is 2.28. The third-order valence-electron chi connectivity index (χ3n) is 6.26. The summed E-state index contributed by atoms with van der Waals surface area (Å²) in [6.07, 6.45) is 1.25. The van der Waals surface area contributed by atoms with E-state index in [1.807, 2.05) is 58.0 Å². The van der Waals surface area contributed by atoms with Crippen LogP contribution in [0.1, 0.15) is 45.1 Å². The van der Waals surface area contributed by atoms with Gasteiger partial charge in [-0.25, -0.2) is 8.42 Å². The first-order chi connectivity index (χ1) is 16.6. The summed E-state index contributed by atoms with van der Waals surface area (Å²) in [7, 11) is -3.67. The molecule has 4 rings (SSSR count). The Bertz CT molecular complexity index is 1260. The van der Waals surface area contributed by atoms with Crippen molar-refractivity contribution in [1.29, 1.82) is 0 Å². The van der Waals surface area contributed by atoms with E-state index in [0.717, 1.165) is 11.1 Å².